The van der Waals surface area contributed by atoms with Crippen LogP contribution in [0.1, 0.15) is 30.1 Å². The molecule has 0 aliphatic carbocycles. The van der Waals surface area contributed by atoms with Crippen molar-refractivity contribution in [1.82, 2.24) is 14.5 Å². The van der Waals surface area contributed by atoms with Gasteiger partial charge < -0.3 is 13.7 Å². The molecule has 0 unspecified atom stereocenters. The molecule has 0 aromatic carbocycles. The lowest BCUT2D eigenvalue weighted by atomic mass is 10.2. The average Bonchev–Trinajstić information content (AvgIpc) is 3.16. The molecule has 0 spiro atoms. The summed E-state index contributed by atoms with van der Waals surface area (Å²) in [4.78, 5) is 6.58. The number of nitrogens with zero attached hydrogens (tertiary/aromatic N) is 3. The second kappa shape index (κ2) is 6.45. The standard InChI is InChI=1S/C16H23N3O2/c1-13-5-6-16(21-13)11-19(10-15-4-3-7-20-15)9-14-8-17-12-18(14)2/h5-6,8,12,15H,3-4,7,9-11H2,1-2H3/t15-/m1/s1. The van der Waals surface area contributed by atoms with Gasteiger partial charge >= 0.3 is 0 Å². The molecular formula is C16H23N3O2. The van der Waals surface area contributed by atoms with Gasteiger partial charge in [-0.1, -0.05) is 0 Å². The maximum Gasteiger partial charge on any atom is 0.118 e. The van der Waals surface area contributed by atoms with E-state index in [-0.39, 0.29) is 0 Å². The molecular weight excluding hydrogens is 266 g/mol. The van der Waals surface area contributed by atoms with Crippen LogP contribution in [0.15, 0.2) is 29.1 Å². The average molecular weight is 289 g/mol. The van der Waals surface area contributed by atoms with Gasteiger partial charge in [-0.25, -0.2) is 4.98 Å². The Labute approximate surface area is 125 Å². The highest BCUT2D eigenvalue weighted by Gasteiger charge is 2.21. The topological polar surface area (TPSA) is 43.4 Å². The van der Waals surface area contributed by atoms with Crippen molar-refractivity contribution < 1.29 is 9.15 Å². The summed E-state index contributed by atoms with van der Waals surface area (Å²) < 4.78 is 13.6. The molecule has 114 valence electrons. The van der Waals surface area contributed by atoms with E-state index in [1.807, 2.05) is 32.6 Å². The Kier molecular flexibility index (Phi) is 4.41. The summed E-state index contributed by atoms with van der Waals surface area (Å²) in [6.45, 7) is 5.47. The van der Waals surface area contributed by atoms with Crippen LogP contribution in [0.5, 0.6) is 0 Å². The summed E-state index contributed by atoms with van der Waals surface area (Å²) in [6, 6.07) is 4.07. The van der Waals surface area contributed by atoms with Crippen molar-refractivity contribution in [3.8, 4) is 0 Å². The number of hydrogen-bond donors (Lipinski definition) is 0. The van der Waals surface area contributed by atoms with Crippen molar-refractivity contribution >= 4 is 0 Å². The molecule has 5 heteroatoms. The van der Waals surface area contributed by atoms with Crippen molar-refractivity contribution in [2.75, 3.05) is 13.2 Å². The van der Waals surface area contributed by atoms with Crippen LogP contribution in [-0.2, 0) is 24.9 Å². The molecule has 1 aliphatic heterocycles. The number of furan rings is 1. The molecule has 0 N–H and O–H groups in total. The fraction of sp³-hybridized carbons (Fsp3) is 0.562. The molecule has 1 fully saturated rings. The smallest absolute Gasteiger partial charge is 0.118 e. The van der Waals surface area contributed by atoms with Crippen molar-refractivity contribution in [1.29, 1.82) is 0 Å². The Bertz CT molecular complexity index is 570. The summed E-state index contributed by atoms with van der Waals surface area (Å²) in [6.07, 6.45) is 6.43. The molecule has 5 nitrogen and oxygen atoms in total. The second-order valence-electron chi connectivity index (χ2n) is 5.81. The Morgan fingerprint density at radius 2 is 2.29 bits per heavy atom. The lowest BCUT2D eigenvalue weighted by molar-refractivity contribution is 0.0646. The highest BCUT2D eigenvalue weighted by molar-refractivity contribution is 5.06. The maximum atomic E-state index is 5.78. The molecule has 1 saturated heterocycles. The highest BCUT2D eigenvalue weighted by atomic mass is 16.5. The van der Waals surface area contributed by atoms with E-state index in [2.05, 4.69) is 20.5 Å². The first-order valence-electron chi connectivity index (χ1n) is 7.55. The summed E-state index contributed by atoms with van der Waals surface area (Å²) in [5.74, 6) is 1.97. The molecule has 0 amide bonds. The third kappa shape index (κ3) is 3.74. The van der Waals surface area contributed by atoms with Gasteiger partial charge in [0.15, 0.2) is 0 Å². The van der Waals surface area contributed by atoms with Gasteiger partial charge in [0.1, 0.15) is 11.5 Å². The van der Waals surface area contributed by atoms with Gasteiger partial charge in [0.25, 0.3) is 0 Å². The Morgan fingerprint density at radius 3 is 2.90 bits per heavy atom. The number of aryl methyl sites for hydroxylation is 2. The van der Waals surface area contributed by atoms with Crippen molar-refractivity contribution in [2.24, 2.45) is 7.05 Å². The molecule has 1 atom stereocenters. The number of imidazole rings is 1. The predicted molar refractivity (Wildman–Crippen MR) is 79.7 cm³/mol. The predicted octanol–water partition coefficient (Wildman–Crippen LogP) is 2.50. The third-order valence-corrected chi connectivity index (χ3v) is 3.96. The Balaban J connectivity index is 1.68. The van der Waals surface area contributed by atoms with Crippen LogP contribution >= 0.6 is 0 Å². The van der Waals surface area contributed by atoms with E-state index in [1.54, 1.807) is 0 Å². The van der Waals surface area contributed by atoms with Gasteiger partial charge in [-0.15, -0.1) is 0 Å². The summed E-state index contributed by atoms with van der Waals surface area (Å²) in [7, 11) is 2.03. The largest absolute Gasteiger partial charge is 0.465 e. The molecule has 3 heterocycles. The first-order chi connectivity index (χ1) is 10.2. The van der Waals surface area contributed by atoms with E-state index in [9.17, 15) is 0 Å². The van der Waals surface area contributed by atoms with Crippen LogP contribution in [0.2, 0.25) is 0 Å². The SMILES string of the molecule is Cc1ccc(CN(Cc2cncn2C)C[C@H]2CCCO2)o1. The van der Waals surface area contributed by atoms with Crippen LogP contribution in [0.4, 0.5) is 0 Å². The molecule has 0 radical (unpaired) electrons. The molecule has 3 rings (SSSR count). The fourth-order valence-electron chi connectivity index (χ4n) is 2.82. The fourth-order valence-corrected chi connectivity index (χ4v) is 2.82. The van der Waals surface area contributed by atoms with Crippen LogP contribution in [0.25, 0.3) is 0 Å². The van der Waals surface area contributed by atoms with Crippen LogP contribution in [0.3, 0.4) is 0 Å². The van der Waals surface area contributed by atoms with E-state index in [4.69, 9.17) is 9.15 Å². The van der Waals surface area contributed by atoms with Gasteiger partial charge in [-0.05, 0) is 31.9 Å². The van der Waals surface area contributed by atoms with Gasteiger partial charge in [0, 0.05) is 32.9 Å². The van der Waals surface area contributed by atoms with E-state index in [0.29, 0.717) is 6.10 Å². The number of ether oxygens (including phenoxy) is 1. The zero-order valence-corrected chi connectivity index (χ0v) is 12.8. The first-order valence-corrected chi connectivity index (χ1v) is 7.55. The van der Waals surface area contributed by atoms with Gasteiger partial charge in [0.2, 0.25) is 0 Å². The minimum Gasteiger partial charge on any atom is -0.465 e. The molecule has 2 aromatic heterocycles. The van der Waals surface area contributed by atoms with E-state index >= 15 is 0 Å². The van der Waals surface area contributed by atoms with Crippen molar-refractivity contribution in [3.05, 3.63) is 41.9 Å². The van der Waals surface area contributed by atoms with Crippen LogP contribution in [-0.4, -0.2) is 33.7 Å². The van der Waals surface area contributed by atoms with Crippen LogP contribution < -0.4 is 0 Å². The van der Waals surface area contributed by atoms with Crippen LogP contribution in [0, 0.1) is 6.92 Å². The molecule has 2 aromatic rings. The maximum absolute atomic E-state index is 5.78. The minimum absolute atomic E-state index is 0.342. The number of hydrogen-bond acceptors (Lipinski definition) is 4. The first kappa shape index (κ1) is 14.4. The zero-order valence-electron chi connectivity index (χ0n) is 12.8. The zero-order chi connectivity index (χ0) is 14.7. The number of aromatic nitrogens is 2. The molecule has 0 bridgehead atoms. The third-order valence-electron chi connectivity index (χ3n) is 3.96. The quantitative estimate of drug-likeness (QED) is 0.819. The second-order valence-corrected chi connectivity index (χ2v) is 5.81. The monoisotopic (exact) mass is 289 g/mol. The summed E-state index contributed by atoms with van der Waals surface area (Å²) in [5, 5.41) is 0. The summed E-state index contributed by atoms with van der Waals surface area (Å²) in [5.41, 5.74) is 1.20. The van der Waals surface area contributed by atoms with Crippen molar-refractivity contribution in [2.45, 2.75) is 39.0 Å². The molecule has 1 aliphatic rings. The van der Waals surface area contributed by atoms with Crippen molar-refractivity contribution in [3.63, 3.8) is 0 Å². The van der Waals surface area contributed by atoms with E-state index in [1.165, 1.54) is 12.1 Å². The Morgan fingerprint density at radius 1 is 1.38 bits per heavy atom. The van der Waals surface area contributed by atoms with E-state index in [0.717, 1.165) is 44.2 Å². The minimum atomic E-state index is 0.342. The van der Waals surface area contributed by atoms with Gasteiger partial charge in [-0.2, -0.15) is 0 Å². The Hall–Kier alpha value is -1.59. The molecule has 21 heavy (non-hydrogen) atoms. The van der Waals surface area contributed by atoms with Gasteiger partial charge in [-0.3, -0.25) is 4.90 Å². The summed E-state index contributed by atoms with van der Waals surface area (Å²) >= 11 is 0. The lowest BCUT2D eigenvalue weighted by Crippen LogP contribution is -2.32. The lowest BCUT2D eigenvalue weighted by Gasteiger charge is -2.24. The molecule has 0 saturated carbocycles. The normalized spacial score (nSPS) is 18.7. The van der Waals surface area contributed by atoms with Gasteiger partial charge in [0.05, 0.1) is 24.7 Å². The van der Waals surface area contributed by atoms with E-state index < -0.39 is 0 Å². The highest BCUT2D eigenvalue weighted by Crippen LogP contribution is 2.18. The number of rotatable bonds is 6.